The number of amides is 2. The van der Waals surface area contributed by atoms with Crippen molar-refractivity contribution >= 4 is 11.8 Å². The highest BCUT2D eigenvalue weighted by Crippen LogP contribution is 2.35. The Labute approximate surface area is 217 Å². The van der Waals surface area contributed by atoms with Gasteiger partial charge in [-0.05, 0) is 79.1 Å². The van der Waals surface area contributed by atoms with Crippen molar-refractivity contribution < 1.29 is 14.0 Å². The van der Waals surface area contributed by atoms with Gasteiger partial charge in [0.2, 0.25) is 5.91 Å². The molecule has 2 atom stereocenters. The number of carbonyl (C=O) groups is 2. The molecule has 7 heteroatoms. The number of aromatic nitrogens is 1. The number of likely N-dealkylation sites (tertiary alicyclic amines) is 1. The molecule has 0 spiro atoms. The van der Waals surface area contributed by atoms with Gasteiger partial charge in [-0.2, -0.15) is 0 Å². The van der Waals surface area contributed by atoms with E-state index in [1.165, 1.54) is 6.07 Å². The lowest BCUT2D eigenvalue weighted by atomic mass is 9.76. The Balaban J connectivity index is 1.16. The molecular weight excluding hydrogens is 467 g/mol. The maximum Gasteiger partial charge on any atom is 0.251 e. The Bertz CT molecular complexity index is 1210. The quantitative estimate of drug-likeness (QED) is 0.517. The van der Waals surface area contributed by atoms with E-state index in [0.29, 0.717) is 12.1 Å². The maximum absolute atomic E-state index is 13.9. The Morgan fingerprint density at radius 3 is 2.54 bits per heavy atom. The summed E-state index contributed by atoms with van der Waals surface area (Å²) in [6.07, 6.45) is 7.51. The van der Waals surface area contributed by atoms with Crippen molar-refractivity contribution in [3.8, 4) is 0 Å². The van der Waals surface area contributed by atoms with Crippen LogP contribution in [-0.4, -0.2) is 53.4 Å². The van der Waals surface area contributed by atoms with Crippen molar-refractivity contribution in [2.75, 3.05) is 19.6 Å². The highest BCUT2D eigenvalue weighted by Gasteiger charge is 2.32. The lowest BCUT2D eigenvalue weighted by molar-refractivity contribution is -0.123. The number of benzene rings is 2. The Morgan fingerprint density at radius 2 is 1.78 bits per heavy atom. The highest BCUT2D eigenvalue weighted by atomic mass is 19.1. The van der Waals surface area contributed by atoms with Crippen LogP contribution >= 0.6 is 0 Å². The van der Waals surface area contributed by atoms with Crippen molar-refractivity contribution in [2.24, 2.45) is 0 Å². The smallest absolute Gasteiger partial charge is 0.251 e. The number of pyridine rings is 1. The molecule has 37 heavy (non-hydrogen) atoms. The minimum atomic E-state index is -0.218. The number of fused-ring (bicyclic) bond motifs is 1. The number of rotatable bonds is 7. The average Bonchev–Trinajstić information content (AvgIpc) is 2.92. The second kappa shape index (κ2) is 11.6. The lowest BCUT2D eigenvalue weighted by Gasteiger charge is -2.36. The van der Waals surface area contributed by atoms with Gasteiger partial charge in [-0.25, -0.2) is 4.39 Å². The summed E-state index contributed by atoms with van der Waals surface area (Å²) >= 11 is 0. The van der Waals surface area contributed by atoms with Gasteiger partial charge in [0.05, 0.1) is 6.54 Å². The first kappa shape index (κ1) is 25.1. The minimum absolute atomic E-state index is 0.0125. The van der Waals surface area contributed by atoms with E-state index in [2.05, 4.69) is 20.5 Å². The van der Waals surface area contributed by atoms with E-state index in [-0.39, 0.29) is 35.6 Å². The minimum Gasteiger partial charge on any atom is -0.352 e. The van der Waals surface area contributed by atoms with Crippen molar-refractivity contribution in [3.05, 3.63) is 101 Å². The number of carbonyl (C=O) groups excluding carboxylic acids is 2. The fraction of sp³-hybridized carbons (Fsp3) is 0.367. The molecule has 1 aliphatic heterocycles. The van der Waals surface area contributed by atoms with Crippen LogP contribution in [0.3, 0.4) is 0 Å². The van der Waals surface area contributed by atoms with Crippen LogP contribution in [0.25, 0.3) is 0 Å². The first-order valence-corrected chi connectivity index (χ1v) is 13.1. The fourth-order valence-electron chi connectivity index (χ4n) is 5.63. The van der Waals surface area contributed by atoms with E-state index in [1.807, 2.05) is 54.7 Å². The normalized spacial score (nSPS) is 20.1. The van der Waals surface area contributed by atoms with Crippen LogP contribution in [0.1, 0.15) is 52.2 Å². The molecule has 1 aromatic heterocycles. The summed E-state index contributed by atoms with van der Waals surface area (Å²) in [5, 5.41) is 6.41. The largest absolute Gasteiger partial charge is 0.352 e. The summed E-state index contributed by atoms with van der Waals surface area (Å²) < 4.78 is 13.9. The zero-order chi connectivity index (χ0) is 25.6. The molecule has 2 aromatic carbocycles. The first-order chi connectivity index (χ1) is 18.0. The van der Waals surface area contributed by atoms with Gasteiger partial charge >= 0.3 is 0 Å². The molecule has 0 bridgehead atoms. The van der Waals surface area contributed by atoms with Crippen molar-refractivity contribution in [2.45, 2.75) is 50.1 Å². The van der Waals surface area contributed by atoms with Gasteiger partial charge in [0.15, 0.2) is 0 Å². The fourth-order valence-corrected chi connectivity index (χ4v) is 5.63. The summed E-state index contributed by atoms with van der Waals surface area (Å²) in [6.45, 7) is 1.86. The molecule has 2 heterocycles. The average molecular weight is 501 g/mol. The monoisotopic (exact) mass is 500 g/mol. The molecule has 0 unspecified atom stereocenters. The third kappa shape index (κ3) is 6.41. The van der Waals surface area contributed by atoms with E-state index in [4.69, 9.17) is 0 Å². The Kier molecular flexibility index (Phi) is 7.90. The summed E-state index contributed by atoms with van der Waals surface area (Å²) in [7, 11) is 0. The van der Waals surface area contributed by atoms with Crippen LogP contribution in [-0.2, 0) is 17.6 Å². The molecule has 0 radical (unpaired) electrons. The Hall–Kier alpha value is -3.58. The van der Waals surface area contributed by atoms with Gasteiger partial charge in [0.25, 0.3) is 5.91 Å². The SMILES string of the molecule is O=C(CN1CCC(NC(=O)c2ccccc2)CC1)N[C@H]1CCc2cc(F)ccc2[C@H]1Cc1cccnc1. The van der Waals surface area contributed by atoms with Crippen LogP contribution in [0.4, 0.5) is 4.39 Å². The summed E-state index contributed by atoms with van der Waals surface area (Å²) in [5.74, 6) is -0.186. The van der Waals surface area contributed by atoms with E-state index >= 15 is 0 Å². The second-order valence-electron chi connectivity index (χ2n) is 10.1. The molecule has 0 saturated carbocycles. The van der Waals surface area contributed by atoms with E-state index in [1.54, 1.807) is 12.3 Å². The number of halogens is 1. The third-order valence-electron chi connectivity index (χ3n) is 7.57. The third-order valence-corrected chi connectivity index (χ3v) is 7.57. The van der Waals surface area contributed by atoms with Crippen LogP contribution in [0.15, 0.2) is 73.1 Å². The zero-order valence-corrected chi connectivity index (χ0v) is 20.9. The first-order valence-electron chi connectivity index (χ1n) is 13.1. The summed E-state index contributed by atoms with van der Waals surface area (Å²) in [4.78, 5) is 31.9. The van der Waals surface area contributed by atoms with Crippen LogP contribution in [0.2, 0.25) is 0 Å². The molecule has 192 valence electrons. The van der Waals surface area contributed by atoms with Crippen LogP contribution in [0.5, 0.6) is 0 Å². The zero-order valence-electron chi connectivity index (χ0n) is 20.9. The predicted octanol–water partition coefficient (Wildman–Crippen LogP) is 3.87. The van der Waals surface area contributed by atoms with Gasteiger partial charge in [-0.1, -0.05) is 30.3 Å². The number of aryl methyl sites for hydroxylation is 1. The van der Waals surface area contributed by atoms with Crippen LogP contribution < -0.4 is 10.6 Å². The van der Waals surface area contributed by atoms with Gasteiger partial charge in [0, 0.05) is 49.0 Å². The molecule has 2 aliphatic rings. The molecule has 5 rings (SSSR count). The highest BCUT2D eigenvalue weighted by molar-refractivity contribution is 5.94. The van der Waals surface area contributed by atoms with Gasteiger partial charge in [0.1, 0.15) is 5.82 Å². The van der Waals surface area contributed by atoms with E-state index < -0.39 is 0 Å². The summed E-state index contributed by atoms with van der Waals surface area (Å²) in [5.41, 5.74) is 3.90. The molecule has 6 nitrogen and oxygen atoms in total. The molecule has 1 aliphatic carbocycles. The molecular formula is C30H33FN4O2. The number of piperidine rings is 1. The lowest BCUT2D eigenvalue weighted by Crippen LogP contribution is -2.50. The topological polar surface area (TPSA) is 74.3 Å². The number of hydrogen-bond acceptors (Lipinski definition) is 4. The predicted molar refractivity (Wildman–Crippen MR) is 141 cm³/mol. The van der Waals surface area contributed by atoms with E-state index in [0.717, 1.165) is 61.9 Å². The van der Waals surface area contributed by atoms with Gasteiger partial charge in [-0.3, -0.25) is 19.5 Å². The standard InChI is InChI=1S/C30H33FN4O2/c31-24-9-10-26-23(18-24)8-11-28(27(26)17-21-5-4-14-32-19-21)34-29(36)20-35-15-12-25(13-16-35)33-30(37)22-6-2-1-3-7-22/h1-7,9-10,14,18-19,25,27-28H,8,11-13,15-17,20H2,(H,33,37)(H,34,36)/t27-,28+/m1/s1. The van der Waals surface area contributed by atoms with E-state index in [9.17, 15) is 14.0 Å². The van der Waals surface area contributed by atoms with Gasteiger partial charge in [-0.15, -0.1) is 0 Å². The molecule has 1 fully saturated rings. The molecule has 3 aromatic rings. The number of nitrogens with zero attached hydrogens (tertiary/aromatic N) is 2. The number of nitrogens with one attached hydrogen (secondary N) is 2. The van der Waals surface area contributed by atoms with Crippen molar-refractivity contribution in [3.63, 3.8) is 0 Å². The Morgan fingerprint density at radius 1 is 0.973 bits per heavy atom. The second-order valence-corrected chi connectivity index (χ2v) is 10.1. The van der Waals surface area contributed by atoms with Crippen molar-refractivity contribution in [1.29, 1.82) is 0 Å². The van der Waals surface area contributed by atoms with Crippen LogP contribution in [0, 0.1) is 5.82 Å². The molecule has 2 N–H and O–H groups in total. The number of hydrogen-bond donors (Lipinski definition) is 2. The molecule has 1 saturated heterocycles. The van der Waals surface area contributed by atoms with Crippen molar-refractivity contribution in [1.82, 2.24) is 20.5 Å². The van der Waals surface area contributed by atoms with Gasteiger partial charge < -0.3 is 10.6 Å². The maximum atomic E-state index is 13.9. The summed E-state index contributed by atoms with van der Waals surface area (Å²) in [6, 6.07) is 18.3. The molecule has 2 amide bonds.